The number of nitrogens with one attached hydrogen (secondary N) is 2. The van der Waals surface area contributed by atoms with E-state index in [0.29, 0.717) is 12.1 Å². The topological polar surface area (TPSA) is 178 Å². The molecule has 0 bridgehead atoms. The van der Waals surface area contributed by atoms with Gasteiger partial charge in [-0.25, -0.2) is 59.5 Å². The number of carbonyl (C=O) groups excluding carboxylic acids is 4. The SMILES string of the molecule is CC(C)(C)OC(=O)Nc1c(F)cccc1F.CCOC(=O)c1ccc(Cl)nc1-c1ccc(F)cc1F.CCOC(=O)c1ccc(Nc2c(F)cccc2F)nc1-c1ccc(F)cc1F.Cl.O=CO[O-].[Cs+].[Cs+].[H-]. The number of esters is 2. The maximum atomic E-state index is 14.3. The van der Waals surface area contributed by atoms with E-state index in [0.717, 1.165) is 42.5 Å². The monoisotopic (exact) mass is 1280 g/mol. The molecule has 0 aliphatic heterocycles. The molecule has 13 nitrogen and oxygen atoms in total. The minimum absolute atomic E-state index is 0. The Hall–Kier alpha value is -3.26. The van der Waals surface area contributed by atoms with Crippen LogP contribution in [0.5, 0.6) is 0 Å². The van der Waals surface area contributed by atoms with Crippen LogP contribution >= 0.6 is 24.0 Å². The van der Waals surface area contributed by atoms with E-state index in [-0.39, 0.29) is 216 Å². The van der Waals surface area contributed by atoms with Crippen molar-refractivity contribution in [2.24, 2.45) is 0 Å². The summed E-state index contributed by atoms with van der Waals surface area (Å²) in [5, 5.41) is 13.0. The standard InChI is InChI=1S/C20H14F4N2O2.C14H10ClF2NO2.C11H13F2NO2.CH2O3.ClH.2Cs.H/c1-2-28-20(27)13-8-9-17(26-19-14(22)4-3-5-15(19)23)25-18(13)12-7-6-11(21)10-16(12)24;1-2-20-14(19)10-5-6-12(15)18-13(10)9-4-3-8(16)7-11(9)17;1-11(2,3)16-10(15)14-9-7(12)5-4-6-8(9)13;2-1-4-3;;;;/h3-10H,2H2,1H3,(H,25,26);3-7H,2H2,1H3;4-6H,1-3H3,(H,14,15);1,3H;1H;;;/q;;;;;2*+1;-1/p-1. The smallest absolute Gasteiger partial charge is 1.00 e. The zero-order valence-electron chi connectivity index (χ0n) is 39.6. The number of amides is 1. The number of ether oxygens (including phenoxy) is 3. The van der Waals surface area contributed by atoms with Crippen LogP contribution in [0.15, 0.2) is 97.1 Å². The van der Waals surface area contributed by atoms with Crippen LogP contribution in [0.3, 0.4) is 0 Å². The van der Waals surface area contributed by atoms with Gasteiger partial charge in [-0.05, 0) is 107 Å². The Morgan fingerprint density at radius 2 is 1.06 bits per heavy atom. The number of anilines is 3. The second-order valence-corrected chi connectivity index (χ2v) is 14.3. The van der Waals surface area contributed by atoms with Crippen molar-refractivity contribution < 1.29 is 218 Å². The first-order valence-electron chi connectivity index (χ1n) is 19.4. The first kappa shape index (κ1) is 67.7. The fraction of sp³-hybridized carbons (Fsp3) is 0.174. The maximum Gasteiger partial charge on any atom is 1.00 e. The molecule has 0 saturated carbocycles. The van der Waals surface area contributed by atoms with Gasteiger partial charge in [-0.3, -0.25) is 10.1 Å². The molecule has 0 aliphatic rings. The molecule has 0 unspecified atom stereocenters. The van der Waals surface area contributed by atoms with E-state index in [2.05, 4.69) is 20.2 Å². The predicted molar refractivity (Wildman–Crippen MR) is 237 cm³/mol. The quantitative estimate of drug-likeness (QED) is 0.0342. The molecule has 6 aromatic rings. The molecule has 2 aromatic heterocycles. The van der Waals surface area contributed by atoms with E-state index >= 15 is 0 Å². The molecule has 1 amide bonds. The molecule has 0 spiro atoms. The summed E-state index contributed by atoms with van der Waals surface area (Å²) in [6, 6.07) is 17.8. The maximum absolute atomic E-state index is 14.3. The van der Waals surface area contributed by atoms with Crippen molar-refractivity contribution in [1.82, 2.24) is 9.97 Å². The van der Waals surface area contributed by atoms with E-state index in [1.165, 1.54) is 42.5 Å². The van der Waals surface area contributed by atoms with Crippen molar-refractivity contribution in [3.05, 3.63) is 160 Å². The van der Waals surface area contributed by atoms with Crippen molar-refractivity contribution >= 4 is 65.7 Å². The normalized spacial score (nSPS) is 9.90. The molecule has 25 heteroatoms. The van der Waals surface area contributed by atoms with E-state index in [9.17, 15) is 49.5 Å². The average molecular weight is 1280 g/mol. The molecule has 0 saturated heterocycles. The molecule has 370 valence electrons. The Morgan fingerprint density at radius 1 is 0.648 bits per heavy atom. The fourth-order valence-electron chi connectivity index (χ4n) is 5.25. The number of hydrogen-bond acceptors (Lipinski definition) is 12. The number of aromatic nitrogens is 2. The molecule has 6 rings (SSSR count). The Bertz CT molecular complexity index is 2710. The van der Waals surface area contributed by atoms with Crippen LogP contribution < -0.4 is 154 Å². The van der Waals surface area contributed by atoms with Gasteiger partial charge in [0.05, 0.1) is 35.7 Å². The van der Waals surface area contributed by atoms with Crippen molar-refractivity contribution in [2.45, 2.75) is 40.2 Å². The van der Waals surface area contributed by atoms with Gasteiger partial charge in [-0.1, -0.05) is 23.7 Å². The summed E-state index contributed by atoms with van der Waals surface area (Å²) < 4.78 is 123. The molecule has 71 heavy (non-hydrogen) atoms. The Kier molecular flexibility index (Phi) is 32.0. The van der Waals surface area contributed by atoms with Gasteiger partial charge in [0.2, 0.25) is 0 Å². The minimum atomic E-state index is -0.952. The molecule has 0 aliphatic carbocycles. The van der Waals surface area contributed by atoms with Crippen molar-refractivity contribution in [3.8, 4) is 22.5 Å². The summed E-state index contributed by atoms with van der Waals surface area (Å²) in [6.45, 7) is 8.29. The van der Waals surface area contributed by atoms with Crippen molar-refractivity contribution in [1.29, 1.82) is 0 Å². The third kappa shape index (κ3) is 22.0. The van der Waals surface area contributed by atoms with E-state index in [4.69, 9.17) is 35.9 Å². The zero-order valence-corrected chi connectivity index (χ0v) is 52.7. The number of hydrogen-bond donors (Lipinski definition) is 2. The van der Waals surface area contributed by atoms with Gasteiger partial charge in [-0.2, -0.15) is 0 Å². The molecule has 0 fully saturated rings. The molecular weight excluding hydrogens is 1240 g/mol. The Balaban J connectivity index is 0. The van der Waals surface area contributed by atoms with Gasteiger partial charge in [0.15, 0.2) is 0 Å². The number of pyridine rings is 2. The predicted octanol–water partition coefficient (Wildman–Crippen LogP) is 5.37. The van der Waals surface area contributed by atoms with E-state index in [1.807, 2.05) is 5.32 Å². The van der Waals surface area contributed by atoms with Gasteiger partial charge >= 0.3 is 156 Å². The summed E-state index contributed by atoms with van der Waals surface area (Å²) in [5.74, 6) is -8.15. The molecule has 0 radical (unpaired) electrons. The molecule has 4 aromatic carbocycles. The second-order valence-electron chi connectivity index (χ2n) is 13.9. The van der Waals surface area contributed by atoms with Gasteiger partial charge in [0.25, 0.3) is 6.47 Å². The Morgan fingerprint density at radius 3 is 1.45 bits per heavy atom. The zero-order chi connectivity index (χ0) is 50.7. The van der Waals surface area contributed by atoms with Crippen LogP contribution in [0, 0.1) is 46.5 Å². The van der Waals surface area contributed by atoms with Crippen LogP contribution in [-0.2, 0) is 23.9 Å². The van der Waals surface area contributed by atoms with Crippen LogP contribution in [0.4, 0.5) is 57.1 Å². The largest absolute Gasteiger partial charge is 1.00 e. The molecule has 0 atom stereocenters. The summed E-state index contributed by atoms with van der Waals surface area (Å²) >= 11 is 5.77. The summed E-state index contributed by atoms with van der Waals surface area (Å²) in [5.41, 5.74) is -1.99. The van der Waals surface area contributed by atoms with Crippen LogP contribution in [0.2, 0.25) is 5.15 Å². The van der Waals surface area contributed by atoms with Crippen molar-refractivity contribution in [2.75, 3.05) is 23.8 Å². The first-order chi connectivity index (χ1) is 32.1. The molecular formula is C46H40Cl2Cs2F8N4O9. The van der Waals surface area contributed by atoms with Crippen LogP contribution in [-0.4, -0.2) is 53.3 Å². The summed E-state index contributed by atoms with van der Waals surface area (Å²) in [7, 11) is 0. The van der Waals surface area contributed by atoms with Crippen molar-refractivity contribution in [3.63, 3.8) is 0 Å². The average Bonchev–Trinajstić information content (AvgIpc) is 3.26. The Labute approximate surface area is 531 Å². The van der Waals surface area contributed by atoms with Gasteiger partial charge in [0.1, 0.15) is 74.5 Å². The number of carbonyl (C=O) groups is 4. The van der Waals surface area contributed by atoms with Gasteiger partial charge in [-0.15, -0.1) is 12.4 Å². The molecule has 2 N–H and O–H groups in total. The third-order valence-corrected chi connectivity index (χ3v) is 8.17. The number of benzene rings is 4. The summed E-state index contributed by atoms with van der Waals surface area (Å²) in [4.78, 5) is 54.6. The van der Waals surface area contributed by atoms with Gasteiger partial charge < -0.3 is 31.1 Å². The van der Waals surface area contributed by atoms with Crippen LogP contribution in [0.25, 0.3) is 22.5 Å². The third-order valence-electron chi connectivity index (χ3n) is 7.96. The summed E-state index contributed by atoms with van der Waals surface area (Å²) in [6.07, 6.45) is -0.892. The minimum Gasteiger partial charge on any atom is -1.00 e. The number of rotatable bonds is 10. The first-order valence-corrected chi connectivity index (χ1v) is 19.8. The number of halogens is 10. The van der Waals surface area contributed by atoms with E-state index < -0.39 is 81.5 Å². The van der Waals surface area contributed by atoms with Gasteiger partial charge in [0, 0.05) is 23.3 Å². The number of nitrogens with zero attached hydrogens (tertiary/aromatic N) is 2. The fourth-order valence-corrected chi connectivity index (χ4v) is 5.40. The second kappa shape index (κ2) is 33.5. The number of para-hydroxylation sites is 2. The van der Waals surface area contributed by atoms with Crippen LogP contribution in [0.1, 0.15) is 56.8 Å². The van der Waals surface area contributed by atoms with E-state index in [1.54, 1.807) is 34.6 Å². The molecule has 2 heterocycles.